The molecule has 1 aliphatic rings. The Kier molecular flexibility index (Phi) is 3.56. The third-order valence-corrected chi connectivity index (χ3v) is 3.77. The number of hydrogen-bond donors (Lipinski definition) is 1. The van der Waals surface area contributed by atoms with Gasteiger partial charge in [-0.25, -0.2) is 0 Å². The van der Waals surface area contributed by atoms with Crippen molar-refractivity contribution in [1.29, 1.82) is 0 Å². The quantitative estimate of drug-likeness (QED) is 0.866. The van der Waals surface area contributed by atoms with Crippen molar-refractivity contribution in [3.63, 3.8) is 0 Å². The molecule has 1 aliphatic heterocycles. The van der Waals surface area contributed by atoms with Crippen LogP contribution in [0, 0.1) is 0 Å². The highest BCUT2D eigenvalue weighted by atomic mass is 35.5. The summed E-state index contributed by atoms with van der Waals surface area (Å²) in [5, 5.41) is 10.3. The standard InChI is InChI=1S/C16H15ClO2/c17-12-7-5-11(6-8-12)13-3-1-2-4-14(13)15(9-18)16-10-19-16/h1-8,15-16,18H,9-10H2. The predicted molar refractivity (Wildman–Crippen MR) is 76.5 cm³/mol. The Morgan fingerprint density at radius 2 is 1.84 bits per heavy atom. The van der Waals surface area contributed by atoms with Gasteiger partial charge in [-0.3, -0.25) is 0 Å². The van der Waals surface area contributed by atoms with E-state index in [1.54, 1.807) is 0 Å². The van der Waals surface area contributed by atoms with Crippen LogP contribution in [-0.4, -0.2) is 24.4 Å². The topological polar surface area (TPSA) is 32.8 Å². The van der Waals surface area contributed by atoms with Gasteiger partial charge < -0.3 is 9.84 Å². The Morgan fingerprint density at radius 3 is 2.47 bits per heavy atom. The molecule has 3 heteroatoms. The van der Waals surface area contributed by atoms with Gasteiger partial charge in [0.15, 0.2) is 0 Å². The fourth-order valence-corrected chi connectivity index (χ4v) is 2.54. The van der Waals surface area contributed by atoms with Crippen molar-refractivity contribution >= 4 is 11.6 Å². The molecule has 98 valence electrons. The van der Waals surface area contributed by atoms with Gasteiger partial charge in [-0.1, -0.05) is 48.0 Å². The number of rotatable bonds is 4. The number of aliphatic hydroxyl groups excluding tert-OH is 1. The Morgan fingerprint density at radius 1 is 1.16 bits per heavy atom. The van der Waals surface area contributed by atoms with Gasteiger partial charge in [0.05, 0.1) is 19.3 Å². The molecule has 0 bridgehead atoms. The van der Waals surface area contributed by atoms with E-state index in [4.69, 9.17) is 16.3 Å². The van der Waals surface area contributed by atoms with Gasteiger partial charge in [0.25, 0.3) is 0 Å². The maximum Gasteiger partial charge on any atom is 0.0900 e. The van der Waals surface area contributed by atoms with E-state index in [1.807, 2.05) is 36.4 Å². The molecule has 0 radical (unpaired) electrons. The first-order valence-electron chi connectivity index (χ1n) is 6.37. The molecule has 1 fully saturated rings. The summed E-state index contributed by atoms with van der Waals surface area (Å²) in [6.45, 7) is 0.843. The van der Waals surface area contributed by atoms with Crippen molar-refractivity contribution in [3.8, 4) is 11.1 Å². The van der Waals surface area contributed by atoms with Crippen LogP contribution in [0.3, 0.4) is 0 Å². The van der Waals surface area contributed by atoms with Crippen LogP contribution in [0.15, 0.2) is 48.5 Å². The molecule has 1 N–H and O–H groups in total. The molecule has 0 spiro atoms. The lowest BCUT2D eigenvalue weighted by atomic mass is 9.89. The largest absolute Gasteiger partial charge is 0.396 e. The van der Waals surface area contributed by atoms with E-state index in [-0.39, 0.29) is 18.6 Å². The zero-order valence-corrected chi connectivity index (χ0v) is 11.2. The molecule has 0 aliphatic carbocycles. The third-order valence-electron chi connectivity index (χ3n) is 3.52. The minimum absolute atomic E-state index is 0.0480. The van der Waals surface area contributed by atoms with Gasteiger partial charge in [-0.2, -0.15) is 0 Å². The van der Waals surface area contributed by atoms with E-state index in [9.17, 15) is 5.11 Å². The molecule has 3 rings (SSSR count). The van der Waals surface area contributed by atoms with E-state index < -0.39 is 0 Å². The molecule has 2 unspecified atom stereocenters. The predicted octanol–water partition coefficient (Wildman–Crippen LogP) is 3.48. The summed E-state index contributed by atoms with van der Waals surface area (Å²) in [4.78, 5) is 0. The van der Waals surface area contributed by atoms with Crippen LogP contribution >= 0.6 is 11.6 Å². The van der Waals surface area contributed by atoms with Gasteiger partial charge in [0.2, 0.25) is 0 Å². The second-order valence-electron chi connectivity index (χ2n) is 4.75. The molecule has 19 heavy (non-hydrogen) atoms. The van der Waals surface area contributed by atoms with Gasteiger partial charge >= 0.3 is 0 Å². The maximum absolute atomic E-state index is 9.60. The van der Waals surface area contributed by atoms with Crippen molar-refractivity contribution in [2.24, 2.45) is 0 Å². The highest BCUT2D eigenvalue weighted by molar-refractivity contribution is 6.30. The summed E-state index contributed by atoms with van der Waals surface area (Å²) in [5.74, 6) is 0.0480. The number of ether oxygens (including phenoxy) is 1. The summed E-state index contributed by atoms with van der Waals surface area (Å²) in [7, 11) is 0. The Bertz CT molecular complexity index is 561. The number of hydrogen-bond acceptors (Lipinski definition) is 2. The molecule has 2 atom stereocenters. The molecule has 1 heterocycles. The minimum atomic E-state index is 0.0480. The highest BCUT2D eigenvalue weighted by Gasteiger charge is 2.34. The zero-order chi connectivity index (χ0) is 13.2. The Balaban J connectivity index is 2.03. The van der Waals surface area contributed by atoms with Gasteiger partial charge in [0.1, 0.15) is 0 Å². The lowest BCUT2D eigenvalue weighted by molar-refractivity contribution is 0.236. The Hall–Kier alpha value is -1.35. The van der Waals surface area contributed by atoms with Crippen molar-refractivity contribution < 1.29 is 9.84 Å². The van der Waals surface area contributed by atoms with E-state index in [0.29, 0.717) is 0 Å². The van der Waals surface area contributed by atoms with Crippen LogP contribution in [0.2, 0.25) is 5.02 Å². The first-order chi connectivity index (χ1) is 9.29. The molecular weight excluding hydrogens is 260 g/mol. The summed E-state index contributed by atoms with van der Waals surface area (Å²) in [6.07, 6.45) is 0.151. The van der Waals surface area contributed by atoms with Gasteiger partial charge in [-0.05, 0) is 28.8 Å². The lowest BCUT2D eigenvalue weighted by Gasteiger charge is -2.16. The number of aliphatic hydroxyl groups is 1. The smallest absolute Gasteiger partial charge is 0.0900 e. The first kappa shape index (κ1) is 12.7. The molecule has 0 saturated carbocycles. The van der Waals surface area contributed by atoms with E-state index in [1.165, 1.54) is 0 Å². The molecule has 1 saturated heterocycles. The second-order valence-corrected chi connectivity index (χ2v) is 5.19. The highest BCUT2D eigenvalue weighted by Crippen LogP contribution is 2.36. The maximum atomic E-state index is 9.60. The average molecular weight is 275 g/mol. The molecule has 2 aromatic carbocycles. The van der Waals surface area contributed by atoms with Crippen LogP contribution in [0.4, 0.5) is 0 Å². The van der Waals surface area contributed by atoms with E-state index in [2.05, 4.69) is 12.1 Å². The average Bonchev–Trinajstić information content (AvgIpc) is 3.26. The SMILES string of the molecule is OCC(c1ccccc1-c1ccc(Cl)cc1)C1CO1. The van der Waals surface area contributed by atoms with Crippen molar-refractivity contribution in [2.45, 2.75) is 12.0 Å². The van der Waals surface area contributed by atoms with E-state index in [0.717, 1.165) is 28.3 Å². The number of halogens is 1. The molecular formula is C16H15ClO2. The van der Waals surface area contributed by atoms with E-state index >= 15 is 0 Å². The molecule has 2 aromatic rings. The second kappa shape index (κ2) is 5.33. The first-order valence-corrected chi connectivity index (χ1v) is 6.74. The summed E-state index contributed by atoms with van der Waals surface area (Å²) in [5.41, 5.74) is 3.38. The number of benzene rings is 2. The summed E-state index contributed by atoms with van der Waals surface area (Å²) < 4.78 is 5.34. The van der Waals surface area contributed by atoms with Crippen LogP contribution in [-0.2, 0) is 4.74 Å². The van der Waals surface area contributed by atoms with Crippen molar-refractivity contribution in [2.75, 3.05) is 13.2 Å². The van der Waals surface area contributed by atoms with Crippen molar-refractivity contribution in [3.05, 3.63) is 59.1 Å². The summed E-state index contributed by atoms with van der Waals surface area (Å²) >= 11 is 5.93. The zero-order valence-electron chi connectivity index (χ0n) is 10.4. The van der Waals surface area contributed by atoms with Crippen molar-refractivity contribution in [1.82, 2.24) is 0 Å². The normalized spacial score (nSPS) is 19.2. The Labute approximate surface area is 117 Å². The van der Waals surface area contributed by atoms with Crippen LogP contribution < -0.4 is 0 Å². The number of epoxide rings is 1. The fourth-order valence-electron chi connectivity index (χ4n) is 2.42. The molecule has 0 amide bonds. The lowest BCUT2D eigenvalue weighted by Crippen LogP contribution is -2.12. The fraction of sp³-hybridized carbons (Fsp3) is 0.250. The monoisotopic (exact) mass is 274 g/mol. The molecule has 2 nitrogen and oxygen atoms in total. The third kappa shape index (κ3) is 2.66. The summed E-state index contributed by atoms with van der Waals surface area (Å²) in [6, 6.07) is 15.9. The van der Waals surface area contributed by atoms with Crippen LogP contribution in [0.5, 0.6) is 0 Å². The van der Waals surface area contributed by atoms with Crippen LogP contribution in [0.25, 0.3) is 11.1 Å². The van der Waals surface area contributed by atoms with Gasteiger partial charge in [0, 0.05) is 10.9 Å². The van der Waals surface area contributed by atoms with Crippen LogP contribution in [0.1, 0.15) is 11.5 Å². The van der Waals surface area contributed by atoms with Gasteiger partial charge in [-0.15, -0.1) is 0 Å². The molecule has 0 aromatic heterocycles. The minimum Gasteiger partial charge on any atom is -0.396 e.